The van der Waals surface area contributed by atoms with Crippen molar-refractivity contribution in [1.82, 2.24) is 5.32 Å². The molecule has 0 aliphatic carbocycles. The molecule has 0 atom stereocenters. The summed E-state index contributed by atoms with van der Waals surface area (Å²) in [5.41, 5.74) is -0.703. The third-order valence-electron chi connectivity index (χ3n) is 1.63. The maximum absolute atomic E-state index is 11.7. The van der Waals surface area contributed by atoms with Gasteiger partial charge in [0.1, 0.15) is 6.61 Å². The Balaban J connectivity index is 4.98. The number of aliphatic hydroxyl groups is 1. The number of hydrogen-bond donors (Lipinski definition) is 2. The van der Waals surface area contributed by atoms with Gasteiger partial charge in [0.05, 0.1) is 7.11 Å². The summed E-state index contributed by atoms with van der Waals surface area (Å²) in [6.45, 7) is 2.77. The van der Waals surface area contributed by atoms with Crippen molar-refractivity contribution in [3.63, 3.8) is 0 Å². The van der Waals surface area contributed by atoms with Crippen molar-refractivity contribution in [3.05, 3.63) is 11.5 Å². The molecule has 0 aromatic heterocycles. The van der Waals surface area contributed by atoms with Gasteiger partial charge in [-0.15, -0.1) is 0 Å². The van der Waals surface area contributed by atoms with E-state index < -0.39 is 33.8 Å². The molecule has 110 valence electrons. The molecule has 0 saturated heterocycles. The van der Waals surface area contributed by atoms with Crippen LogP contribution in [0, 0.1) is 0 Å². The predicted molar refractivity (Wildman–Crippen MR) is 71.2 cm³/mol. The summed E-state index contributed by atoms with van der Waals surface area (Å²) in [5, 5.41) is 11.8. The first-order valence-corrected chi connectivity index (χ1v) is 6.23. The molecular formula is C10H14Cl3NO5. The topological polar surface area (TPSA) is 84.9 Å². The Bertz CT molecular complexity index is 376. The van der Waals surface area contributed by atoms with Crippen molar-refractivity contribution < 1.29 is 24.2 Å². The summed E-state index contributed by atoms with van der Waals surface area (Å²) in [6.07, 6.45) is 0. The standard InChI is InChI=1S/C10H14Cl3NO5/c1-5(2)14-7(15)6(8(16)18-3)9(17)19-4-10(11,12)13/h5,16H,4H2,1-3H3,(H,14,15)/b8-6-. The number of ether oxygens (including phenoxy) is 2. The number of alkyl halides is 3. The van der Waals surface area contributed by atoms with E-state index in [1.165, 1.54) is 0 Å². The number of carbonyl (C=O) groups is 2. The molecule has 0 spiro atoms. The average molecular weight is 335 g/mol. The summed E-state index contributed by atoms with van der Waals surface area (Å²) < 4.78 is 7.22. The fraction of sp³-hybridized carbons (Fsp3) is 0.600. The Morgan fingerprint density at radius 1 is 1.32 bits per heavy atom. The number of nitrogens with one attached hydrogen (secondary N) is 1. The van der Waals surface area contributed by atoms with Crippen LogP contribution in [0.25, 0.3) is 0 Å². The second-order valence-electron chi connectivity index (χ2n) is 3.70. The number of carbonyl (C=O) groups excluding carboxylic acids is 2. The highest BCUT2D eigenvalue weighted by Gasteiger charge is 2.30. The minimum Gasteiger partial charge on any atom is -0.480 e. The number of rotatable bonds is 5. The summed E-state index contributed by atoms with van der Waals surface area (Å²) in [7, 11) is 1.08. The van der Waals surface area contributed by atoms with E-state index in [2.05, 4.69) is 14.8 Å². The van der Waals surface area contributed by atoms with Crippen molar-refractivity contribution in [2.24, 2.45) is 0 Å². The maximum Gasteiger partial charge on any atom is 0.351 e. The number of halogens is 3. The van der Waals surface area contributed by atoms with Crippen LogP contribution >= 0.6 is 34.8 Å². The van der Waals surface area contributed by atoms with Gasteiger partial charge in [0.25, 0.3) is 11.9 Å². The van der Waals surface area contributed by atoms with E-state index in [4.69, 9.17) is 34.8 Å². The third-order valence-corrected chi connectivity index (χ3v) is 1.95. The highest BCUT2D eigenvalue weighted by Crippen LogP contribution is 2.26. The largest absolute Gasteiger partial charge is 0.480 e. The van der Waals surface area contributed by atoms with E-state index in [0.29, 0.717) is 0 Å². The molecule has 0 heterocycles. The van der Waals surface area contributed by atoms with Crippen molar-refractivity contribution >= 4 is 46.7 Å². The predicted octanol–water partition coefficient (Wildman–Crippen LogP) is 1.84. The van der Waals surface area contributed by atoms with Crippen molar-refractivity contribution in [2.45, 2.75) is 23.7 Å². The van der Waals surface area contributed by atoms with E-state index in [-0.39, 0.29) is 6.04 Å². The van der Waals surface area contributed by atoms with Gasteiger partial charge in [-0.25, -0.2) is 4.79 Å². The van der Waals surface area contributed by atoms with Gasteiger partial charge in [0.15, 0.2) is 0 Å². The molecule has 6 nitrogen and oxygen atoms in total. The van der Waals surface area contributed by atoms with Crippen LogP contribution in [0.15, 0.2) is 11.5 Å². The first kappa shape index (κ1) is 18.1. The number of amides is 1. The number of esters is 1. The van der Waals surface area contributed by atoms with Gasteiger partial charge in [-0.3, -0.25) is 4.79 Å². The SMILES string of the molecule is CO/C(O)=C(/C(=O)NC(C)C)C(=O)OCC(Cl)(Cl)Cl. The zero-order chi connectivity index (χ0) is 15.2. The first-order chi connectivity index (χ1) is 8.58. The smallest absolute Gasteiger partial charge is 0.351 e. The molecule has 0 unspecified atom stereocenters. The number of aliphatic hydroxyl groups excluding tert-OH is 1. The molecule has 0 aliphatic rings. The molecule has 0 rings (SSSR count). The number of methoxy groups -OCH3 is 1. The van der Waals surface area contributed by atoms with Crippen LogP contribution in [0.2, 0.25) is 0 Å². The molecule has 0 aromatic carbocycles. The Labute approximate surface area is 125 Å². The van der Waals surface area contributed by atoms with E-state index >= 15 is 0 Å². The normalized spacial score (nSPS) is 12.8. The fourth-order valence-electron chi connectivity index (χ4n) is 0.933. The Morgan fingerprint density at radius 2 is 1.84 bits per heavy atom. The number of hydrogen-bond acceptors (Lipinski definition) is 5. The zero-order valence-electron chi connectivity index (χ0n) is 10.5. The van der Waals surface area contributed by atoms with Crippen LogP contribution in [-0.2, 0) is 19.1 Å². The van der Waals surface area contributed by atoms with E-state index in [9.17, 15) is 14.7 Å². The van der Waals surface area contributed by atoms with E-state index in [0.717, 1.165) is 7.11 Å². The zero-order valence-corrected chi connectivity index (χ0v) is 12.8. The van der Waals surface area contributed by atoms with E-state index in [1.54, 1.807) is 13.8 Å². The Hall–Kier alpha value is -0.850. The maximum atomic E-state index is 11.7. The monoisotopic (exact) mass is 333 g/mol. The summed E-state index contributed by atoms with van der Waals surface area (Å²) in [6, 6.07) is -0.256. The molecule has 1 amide bonds. The van der Waals surface area contributed by atoms with Gasteiger partial charge in [-0.1, -0.05) is 34.8 Å². The fourth-order valence-corrected chi connectivity index (χ4v) is 1.10. The van der Waals surface area contributed by atoms with Gasteiger partial charge in [0, 0.05) is 6.04 Å². The second-order valence-corrected chi connectivity index (χ2v) is 6.22. The first-order valence-electron chi connectivity index (χ1n) is 5.10. The minimum atomic E-state index is -1.82. The van der Waals surface area contributed by atoms with Crippen molar-refractivity contribution in [2.75, 3.05) is 13.7 Å². The van der Waals surface area contributed by atoms with Crippen LogP contribution in [-0.4, -0.2) is 40.5 Å². The van der Waals surface area contributed by atoms with Gasteiger partial charge < -0.3 is 19.9 Å². The van der Waals surface area contributed by atoms with Crippen molar-refractivity contribution in [1.29, 1.82) is 0 Å². The molecular weight excluding hydrogens is 320 g/mol. The molecule has 0 radical (unpaired) electrons. The van der Waals surface area contributed by atoms with Gasteiger partial charge in [0.2, 0.25) is 9.37 Å². The van der Waals surface area contributed by atoms with Crippen LogP contribution in [0.5, 0.6) is 0 Å². The van der Waals surface area contributed by atoms with Gasteiger partial charge in [-0.2, -0.15) is 0 Å². The molecule has 0 bridgehead atoms. The molecule has 0 aromatic rings. The second kappa shape index (κ2) is 7.67. The summed E-state index contributed by atoms with van der Waals surface area (Å²) in [4.78, 5) is 23.4. The lowest BCUT2D eigenvalue weighted by Gasteiger charge is -2.14. The molecule has 0 aliphatic heterocycles. The highest BCUT2D eigenvalue weighted by atomic mass is 35.6. The van der Waals surface area contributed by atoms with Crippen LogP contribution in [0.1, 0.15) is 13.8 Å². The molecule has 0 fully saturated rings. The van der Waals surface area contributed by atoms with Gasteiger partial charge in [-0.05, 0) is 13.8 Å². The van der Waals surface area contributed by atoms with Gasteiger partial charge >= 0.3 is 5.97 Å². The summed E-state index contributed by atoms with van der Waals surface area (Å²) >= 11 is 16.2. The lowest BCUT2D eigenvalue weighted by Crippen LogP contribution is -2.36. The quantitative estimate of drug-likeness (QED) is 0.200. The molecule has 19 heavy (non-hydrogen) atoms. The van der Waals surface area contributed by atoms with Crippen LogP contribution < -0.4 is 5.32 Å². The highest BCUT2D eigenvalue weighted by molar-refractivity contribution is 6.67. The summed E-state index contributed by atoms with van der Waals surface area (Å²) in [5.74, 6) is -2.90. The molecule has 2 N–H and O–H groups in total. The van der Waals surface area contributed by atoms with Crippen LogP contribution in [0.4, 0.5) is 0 Å². The van der Waals surface area contributed by atoms with E-state index in [1.807, 2.05) is 0 Å². The Morgan fingerprint density at radius 3 is 2.21 bits per heavy atom. The van der Waals surface area contributed by atoms with Crippen LogP contribution in [0.3, 0.4) is 0 Å². The third kappa shape index (κ3) is 7.34. The average Bonchev–Trinajstić information content (AvgIpc) is 2.24. The molecule has 9 heteroatoms. The minimum absolute atomic E-state index is 0.256. The molecule has 0 saturated carbocycles. The lowest BCUT2D eigenvalue weighted by molar-refractivity contribution is -0.141. The van der Waals surface area contributed by atoms with Crippen molar-refractivity contribution in [3.8, 4) is 0 Å². The Kier molecular flexibility index (Phi) is 7.33. The lowest BCUT2D eigenvalue weighted by atomic mass is 10.2.